The first-order valence-corrected chi connectivity index (χ1v) is 6.39. The van der Waals surface area contributed by atoms with Crippen molar-refractivity contribution in [3.8, 4) is 0 Å². The number of rotatable bonds is 4. The fraction of sp³-hybridized carbons (Fsp3) is 0.462. The van der Waals surface area contributed by atoms with Crippen molar-refractivity contribution >= 4 is 22.6 Å². The van der Waals surface area contributed by atoms with Crippen molar-refractivity contribution in [3.63, 3.8) is 0 Å². The van der Waals surface area contributed by atoms with Crippen molar-refractivity contribution in [1.29, 1.82) is 0 Å². The maximum Gasteiger partial charge on any atom is 0.184 e. The Morgan fingerprint density at radius 2 is 2.05 bits per heavy atom. The van der Waals surface area contributed by atoms with Crippen LogP contribution in [0.3, 0.4) is 0 Å². The molecule has 0 saturated carbocycles. The molecule has 2 aromatic rings. The number of benzene rings is 1. The summed E-state index contributed by atoms with van der Waals surface area (Å²) in [6.07, 6.45) is 0. The number of imidazole rings is 1. The van der Waals surface area contributed by atoms with E-state index in [-0.39, 0.29) is 11.6 Å². The summed E-state index contributed by atoms with van der Waals surface area (Å²) in [6, 6.07) is 2.33. The predicted molar refractivity (Wildman–Crippen MR) is 70.5 cm³/mol. The molecule has 0 aliphatic carbocycles. The van der Waals surface area contributed by atoms with E-state index in [0.29, 0.717) is 17.9 Å². The van der Waals surface area contributed by atoms with Crippen LogP contribution in [0.25, 0.3) is 11.0 Å². The van der Waals surface area contributed by atoms with Crippen molar-refractivity contribution < 1.29 is 13.5 Å². The highest BCUT2D eigenvalue weighted by atomic mass is 35.5. The van der Waals surface area contributed by atoms with Crippen molar-refractivity contribution in [2.45, 2.75) is 25.3 Å². The highest BCUT2D eigenvalue weighted by Crippen LogP contribution is 2.30. The zero-order chi connectivity index (χ0) is 14.2. The molecule has 3 nitrogen and oxygen atoms in total. The van der Waals surface area contributed by atoms with E-state index in [1.165, 1.54) is 6.07 Å². The smallest absolute Gasteiger partial charge is 0.184 e. The molecule has 2 unspecified atom stereocenters. The molecule has 0 spiro atoms. The van der Waals surface area contributed by atoms with Crippen LogP contribution in [0.4, 0.5) is 8.78 Å². The maximum atomic E-state index is 14.0. The molecule has 6 heteroatoms. The summed E-state index contributed by atoms with van der Waals surface area (Å²) in [5, 5.41) is -0.408. The molecule has 0 radical (unpaired) electrons. The van der Waals surface area contributed by atoms with Crippen LogP contribution in [0.5, 0.6) is 0 Å². The maximum absolute atomic E-state index is 14.0. The lowest BCUT2D eigenvalue weighted by molar-refractivity contribution is 0.162. The second kappa shape index (κ2) is 5.43. The Morgan fingerprint density at radius 1 is 1.37 bits per heavy atom. The molecule has 1 aromatic heterocycles. The highest BCUT2D eigenvalue weighted by molar-refractivity contribution is 6.20. The Hall–Kier alpha value is -1.20. The summed E-state index contributed by atoms with van der Waals surface area (Å²) >= 11 is 6.08. The topological polar surface area (TPSA) is 27.1 Å². The summed E-state index contributed by atoms with van der Waals surface area (Å²) in [5.74, 6) is -1.30. The molecule has 1 heterocycles. The Morgan fingerprint density at radius 3 is 2.63 bits per heavy atom. The van der Waals surface area contributed by atoms with E-state index in [1.54, 1.807) is 18.6 Å². The van der Waals surface area contributed by atoms with Gasteiger partial charge in [0.05, 0.1) is 23.5 Å². The van der Waals surface area contributed by atoms with Crippen LogP contribution in [0.1, 0.15) is 31.1 Å². The highest BCUT2D eigenvalue weighted by Gasteiger charge is 2.23. The van der Waals surface area contributed by atoms with Gasteiger partial charge in [-0.05, 0) is 26.0 Å². The molecule has 0 N–H and O–H groups in total. The molecular formula is C13H15ClF2N2O. The monoisotopic (exact) mass is 288 g/mol. The number of ether oxygens (including phenoxy) is 1. The van der Waals surface area contributed by atoms with E-state index in [1.807, 2.05) is 6.92 Å². The van der Waals surface area contributed by atoms with Crippen molar-refractivity contribution in [1.82, 2.24) is 9.55 Å². The number of aromatic nitrogens is 2. The van der Waals surface area contributed by atoms with Crippen LogP contribution in [0.2, 0.25) is 0 Å². The second-order valence-corrected chi connectivity index (χ2v) is 5.14. The first-order valence-electron chi connectivity index (χ1n) is 5.96. The lowest BCUT2D eigenvalue weighted by atomic mass is 10.2. The molecule has 0 saturated heterocycles. The quantitative estimate of drug-likeness (QED) is 0.800. The van der Waals surface area contributed by atoms with Gasteiger partial charge in [-0.2, -0.15) is 0 Å². The first-order chi connectivity index (χ1) is 8.97. The summed E-state index contributed by atoms with van der Waals surface area (Å²) in [7, 11) is 1.55. The molecule has 2 rings (SSSR count). The fourth-order valence-corrected chi connectivity index (χ4v) is 2.34. The minimum Gasteiger partial charge on any atom is -0.383 e. The lowest BCUT2D eigenvalue weighted by Crippen LogP contribution is -2.15. The summed E-state index contributed by atoms with van der Waals surface area (Å²) in [6.45, 7) is 3.95. The molecule has 19 heavy (non-hydrogen) atoms. The largest absolute Gasteiger partial charge is 0.383 e. The lowest BCUT2D eigenvalue weighted by Gasteiger charge is -2.18. The number of fused-ring (bicyclic) bond motifs is 1. The van der Waals surface area contributed by atoms with Gasteiger partial charge in [0, 0.05) is 7.11 Å². The van der Waals surface area contributed by atoms with Gasteiger partial charge in [-0.3, -0.25) is 0 Å². The number of halogens is 3. The van der Waals surface area contributed by atoms with Gasteiger partial charge in [0.15, 0.2) is 11.6 Å². The average Bonchev–Trinajstić information content (AvgIpc) is 2.74. The van der Waals surface area contributed by atoms with Crippen LogP contribution in [0, 0.1) is 11.6 Å². The average molecular weight is 289 g/mol. The van der Waals surface area contributed by atoms with Crippen LogP contribution in [-0.2, 0) is 4.74 Å². The zero-order valence-electron chi connectivity index (χ0n) is 11.0. The number of hydrogen-bond acceptors (Lipinski definition) is 2. The Balaban J connectivity index is 2.74. The zero-order valence-corrected chi connectivity index (χ0v) is 11.7. The van der Waals surface area contributed by atoms with Gasteiger partial charge < -0.3 is 9.30 Å². The second-order valence-electron chi connectivity index (χ2n) is 4.49. The third-order valence-corrected chi connectivity index (χ3v) is 3.17. The number of methoxy groups -OCH3 is 1. The van der Waals surface area contributed by atoms with E-state index < -0.39 is 17.0 Å². The van der Waals surface area contributed by atoms with Gasteiger partial charge in [-0.25, -0.2) is 13.8 Å². The normalized spacial score (nSPS) is 14.8. The molecule has 0 amide bonds. The van der Waals surface area contributed by atoms with E-state index >= 15 is 0 Å². The van der Waals surface area contributed by atoms with Crippen LogP contribution >= 0.6 is 11.6 Å². The van der Waals surface area contributed by atoms with Crippen LogP contribution in [0.15, 0.2) is 12.1 Å². The van der Waals surface area contributed by atoms with E-state index in [4.69, 9.17) is 16.3 Å². The van der Waals surface area contributed by atoms with E-state index in [2.05, 4.69) is 4.98 Å². The van der Waals surface area contributed by atoms with Gasteiger partial charge in [-0.15, -0.1) is 11.6 Å². The molecule has 2 atom stereocenters. The standard InChI is InChI=1S/C13H15ClF2N2O/c1-7(6-19-3)18-12-10(17-13(18)8(2)14)5-4-9(15)11(12)16/h4-5,7-8H,6H2,1-3H3. The van der Waals surface area contributed by atoms with Crippen LogP contribution < -0.4 is 0 Å². The molecule has 1 aromatic carbocycles. The minimum absolute atomic E-state index is 0.132. The summed E-state index contributed by atoms with van der Waals surface area (Å²) < 4.78 is 34.1. The third-order valence-electron chi connectivity index (χ3n) is 2.97. The Labute approximate surface area is 115 Å². The van der Waals surface area contributed by atoms with Crippen molar-refractivity contribution in [2.75, 3.05) is 13.7 Å². The van der Waals surface area contributed by atoms with Crippen molar-refractivity contribution in [3.05, 3.63) is 29.6 Å². The van der Waals surface area contributed by atoms with Crippen molar-refractivity contribution in [2.24, 2.45) is 0 Å². The molecular weight excluding hydrogens is 274 g/mol. The number of alkyl halides is 1. The third kappa shape index (κ3) is 2.44. The SMILES string of the molecule is COCC(C)n1c(C(C)Cl)nc2ccc(F)c(F)c21. The first kappa shape index (κ1) is 14.2. The minimum atomic E-state index is -0.906. The van der Waals surface area contributed by atoms with Gasteiger partial charge in [-0.1, -0.05) is 0 Å². The molecule has 0 bridgehead atoms. The Kier molecular flexibility index (Phi) is 4.06. The van der Waals surface area contributed by atoms with Gasteiger partial charge in [0.2, 0.25) is 0 Å². The Bertz CT molecular complexity index is 598. The van der Waals surface area contributed by atoms with Gasteiger partial charge in [0.25, 0.3) is 0 Å². The van der Waals surface area contributed by atoms with Crippen LogP contribution in [-0.4, -0.2) is 23.3 Å². The van der Waals surface area contributed by atoms with E-state index in [0.717, 1.165) is 6.07 Å². The summed E-state index contributed by atoms with van der Waals surface area (Å²) in [5.41, 5.74) is 0.524. The fourth-order valence-electron chi connectivity index (χ4n) is 2.18. The van der Waals surface area contributed by atoms with Gasteiger partial charge >= 0.3 is 0 Å². The molecule has 0 fully saturated rings. The van der Waals surface area contributed by atoms with E-state index in [9.17, 15) is 8.78 Å². The van der Waals surface area contributed by atoms with Gasteiger partial charge in [0.1, 0.15) is 11.3 Å². The number of hydrogen-bond donors (Lipinski definition) is 0. The molecule has 0 aliphatic heterocycles. The molecule has 104 valence electrons. The molecule has 0 aliphatic rings. The number of nitrogens with zero attached hydrogens (tertiary/aromatic N) is 2. The predicted octanol–water partition coefficient (Wildman–Crippen LogP) is 3.82. The summed E-state index contributed by atoms with van der Waals surface area (Å²) in [4.78, 5) is 4.29.